The number of hydrazone groups is 1. The standard InChI is InChI=1S/C25H25N3O4/c1-3-31-23-11-7-6-10-22(23)27-24(29)25(30)28-26-16-19-12-14-21(15-13-19)32-17-20-9-5-4-8-18(20)2/h4-16H,3,17H2,1-2H3,(H,27,29)(H,28,30)/b26-16+. The molecular weight excluding hydrogens is 406 g/mol. The van der Waals surface area contributed by atoms with Crippen molar-refractivity contribution in [1.29, 1.82) is 0 Å². The van der Waals surface area contributed by atoms with E-state index in [0.29, 0.717) is 24.7 Å². The average Bonchev–Trinajstić information content (AvgIpc) is 2.81. The molecular formula is C25H25N3O4. The molecule has 0 atom stereocenters. The van der Waals surface area contributed by atoms with Crippen molar-refractivity contribution in [3.8, 4) is 11.5 Å². The molecule has 2 N–H and O–H groups in total. The van der Waals surface area contributed by atoms with Crippen LogP contribution >= 0.6 is 0 Å². The van der Waals surface area contributed by atoms with Crippen LogP contribution in [0.15, 0.2) is 77.9 Å². The van der Waals surface area contributed by atoms with Gasteiger partial charge >= 0.3 is 11.8 Å². The van der Waals surface area contributed by atoms with E-state index in [2.05, 4.69) is 15.8 Å². The quantitative estimate of drug-likeness (QED) is 0.320. The van der Waals surface area contributed by atoms with Crippen LogP contribution < -0.4 is 20.2 Å². The molecule has 3 rings (SSSR count). The molecule has 0 aliphatic carbocycles. The van der Waals surface area contributed by atoms with E-state index in [1.165, 1.54) is 11.8 Å². The maximum absolute atomic E-state index is 12.1. The topological polar surface area (TPSA) is 89.0 Å². The number of carbonyl (C=O) groups excluding carboxylic acids is 2. The molecule has 0 aliphatic rings. The first-order valence-electron chi connectivity index (χ1n) is 10.2. The van der Waals surface area contributed by atoms with Gasteiger partial charge in [0.1, 0.15) is 18.1 Å². The van der Waals surface area contributed by atoms with E-state index in [9.17, 15) is 9.59 Å². The SMILES string of the molecule is CCOc1ccccc1NC(=O)C(=O)N/N=C/c1ccc(OCc2ccccc2C)cc1. The van der Waals surface area contributed by atoms with Crippen molar-refractivity contribution in [3.63, 3.8) is 0 Å². The minimum atomic E-state index is -0.884. The van der Waals surface area contributed by atoms with Gasteiger partial charge in [-0.1, -0.05) is 36.4 Å². The van der Waals surface area contributed by atoms with Gasteiger partial charge in [0.15, 0.2) is 0 Å². The van der Waals surface area contributed by atoms with Gasteiger partial charge in [0.2, 0.25) is 0 Å². The van der Waals surface area contributed by atoms with Crippen LogP contribution in [0.2, 0.25) is 0 Å². The molecule has 164 valence electrons. The number of benzene rings is 3. The van der Waals surface area contributed by atoms with Gasteiger partial charge in [-0.2, -0.15) is 5.10 Å². The maximum Gasteiger partial charge on any atom is 0.329 e. The second-order valence-electron chi connectivity index (χ2n) is 6.87. The van der Waals surface area contributed by atoms with Crippen LogP contribution in [-0.2, 0) is 16.2 Å². The summed E-state index contributed by atoms with van der Waals surface area (Å²) in [5, 5.41) is 6.36. The zero-order valence-electron chi connectivity index (χ0n) is 18.0. The maximum atomic E-state index is 12.1. The second-order valence-corrected chi connectivity index (χ2v) is 6.87. The number of ether oxygens (including phenoxy) is 2. The number of hydrogen-bond acceptors (Lipinski definition) is 5. The number of aryl methyl sites for hydroxylation is 1. The summed E-state index contributed by atoms with van der Waals surface area (Å²) in [6, 6.07) is 22.2. The van der Waals surface area contributed by atoms with E-state index in [1.54, 1.807) is 36.4 Å². The van der Waals surface area contributed by atoms with Crippen molar-refractivity contribution in [2.45, 2.75) is 20.5 Å². The minimum absolute atomic E-state index is 0.416. The van der Waals surface area contributed by atoms with E-state index in [4.69, 9.17) is 9.47 Å². The number of para-hydroxylation sites is 2. The Morgan fingerprint density at radius 2 is 1.62 bits per heavy atom. The summed E-state index contributed by atoms with van der Waals surface area (Å²) < 4.78 is 11.2. The van der Waals surface area contributed by atoms with Crippen molar-refractivity contribution in [1.82, 2.24) is 5.43 Å². The fourth-order valence-electron chi connectivity index (χ4n) is 2.83. The number of hydrogen-bond donors (Lipinski definition) is 2. The summed E-state index contributed by atoms with van der Waals surface area (Å²) in [6.45, 7) is 4.81. The van der Waals surface area contributed by atoms with Crippen LogP contribution in [0.4, 0.5) is 5.69 Å². The molecule has 3 aromatic carbocycles. The Balaban J connectivity index is 1.49. The molecule has 0 saturated carbocycles. The molecule has 0 fully saturated rings. The lowest BCUT2D eigenvalue weighted by Crippen LogP contribution is -2.32. The number of rotatable bonds is 8. The van der Waals surface area contributed by atoms with E-state index >= 15 is 0 Å². The molecule has 32 heavy (non-hydrogen) atoms. The van der Waals surface area contributed by atoms with Crippen LogP contribution in [0.5, 0.6) is 11.5 Å². The number of nitrogens with zero attached hydrogens (tertiary/aromatic N) is 1. The van der Waals surface area contributed by atoms with Crippen LogP contribution in [-0.4, -0.2) is 24.6 Å². The number of anilines is 1. The average molecular weight is 431 g/mol. The third-order valence-electron chi connectivity index (χ3n) is 4.56. The monoisotopic (exact) mass is 431 g/mol. The van der Waals surface area contributed by atoms with Crippen LogP contribution in [0, 0.1) is 6.92 Å². The number of nitrogens with one attached hydrogen (secondary N) is 2. The van der Waals surface area contributed by atoms with E-state index in [0.717, 1.165) is 16.9 Å². The van der Waals surface area contributed by atoms with Crippen LogP contribution in [0.3, 0.4) is 0 Å². The van der Waals surface area contributed by atoms with E-state index in [1.807, 2.05) is 50.2 Å². The van der Waals surface area contributed by atoms with Gasteiger partial charge < -0.3 is 14.8 Å². The van der Waals surface area contributed by atoms with Crippen molar-refractivity contribution in [2.24, 2.45) is 5.10 Å². The highest BCUT2D eigenvalue weighted by molar-refractivity contribution is 6.39. The first-order valence-corrected chi connectivity index (χ1v) is 10.2. The molecule has 0 aromatic heterocycles. The van der Waals surface area contributed by atoms with Gasteiger partial charge in [-0.3, -0.25) is 9.59 Å². The molecule has 0 bridgehead atoms. The van der Waals surface area contributed by atoms with Gasteiger partial charge in [-0.15, -0.1) is 0 Å². The summed E-state index contributed by atoms with van der Waals surface area (Å²) in [6.07, 6.45) is 1.45. The van der Waals surface area contributed by atoms with Crippen molar-refractivity contribution in [3.05, 3.63) is 89.5 Å². The summed E-state index contributed by atoms with van der Waals surface area (Å²) in [4.78, 5) is 24.1. The highest BCUT2D eigenvalue weighted by Crippen LogP contribution is 2.23. The van der Waals surface area contributed by atoms with Gasteiger partial charge in [-0.25, -0.2) is 5.43 Å². The largest absolute Gasteiger partial charge is 0.492 e. The molecule has 0 heterocycles. The summed E-state index contributed by atoms with van der Waals surface area (Å²) >= 11 is 0. The lowest BCUT2D eigenvalue weighted by Gasteiger charge is -2.10. The Labute approximate surface area is 187 Å². The first kappa shape index (κ1) is 22.6. The fourth-order valence-corrected chi connectivity index (χ4v) is 2.83. The molecule has 0 saturated heterocycles. The zero-order chi connectivity index (χ0) is 22.8. The van der Waals surface area contributed by atoms with Gasteiger partial charge in [0.25, 0.3) is 0 Å². The molecule has 0 spiro atoms. The predicted molar refractivity (Wildman–Crippen MR) is 124 cm³/mol. The summed E-state index contributed by atoms with van der Waals surface area (Å²) in [5.74, 6) is -0.508. The lowest BCUT2D eigenvalue weighted by atomic mass is 10.1. The molecule has 3 aromatic rings. The van der Waals surface area contributed by atoms with Crippen LogP contribution in [0.25, 0.3) is 0 Å². The minimum Gasteiger partial charge on any atom is -0.492 e. The van der Waals surface area contributed by atoms with Crippen molar-refractivity contribution < 1.29 is 19.1 Å². The van der Waals surface area contributed by atoms with E-state index < -0.39 is 11.8 Å². The van der Waals surface area contributed by atoms with Crippen molar-refractivity contribution >= 4 is 23.7 Å². The van der Waals surface area contributed by atoms with Gasteiger partial charge in [-0.05, 0) is 66.9 Å². The zero-order valence-corrected chi connectivity index (χ0v) is 18.0. The second kappa shape index (κ2) is 11.3. The third-order valence-corrected chi connectivity index (χ3v) is 4.56. The summed E-state index contributed by atoms with van der Waals surface area (Å²) in [7, 11) is 0. The molecule has 7 nitrogen and oxygen atoms in total. The Morgan fingerprint density at radius 3 is 2.38 bits per heavy atom. The van der Waals surface area contributed by atoms with Crippen LogP contribution in [0.1, 0.15) is 23.6 Å². The Hall–Kier alpha value is -4.13. The Bertz CT molecular complexity index is 1090. The third kappa shape index (κ3) is 6.43. The van der Waals surface area contributed by atoms with Gasteiger partial charge in [0, 0.05) is 0 Å². The summed E-state index contributed by atoms with van der Waals surface area (Å²) in [5.41, 5.74) is 5.68. The smallest absolute Gasteiger partial charge is 0.329 e. The predicted octanol–water partition coefficient (Wildman–Crippen LogP) is 4.06. The normalized spacial score (nSPS) is 10.6. The molecule has 7 heteroatoms. The first-order chi connectivity index (χ1) is 15.6. The lowest BCUT2D eigenvalue weighted by molar-refractivity contribution is -0.136. The fraction of sp³-hybridized carbons (Fsp3) is 0.160. The number of amides is 2. The Morgan fingerprint density at radius 1 is 0.906 bits per heavy atom. The van der Waals surface area contributed by atoms with Crippen molar-refractivity contribution in [2.75, 3.05) is 11.9 Å². The number of carbonyl (C=O) groups is 2. The molecule has 0 aliphatic heterocycles. The molecule has 0 radical (unpaired) electrons. The molecule has 2 amide bonds. The Kier molecular flexibility index (Phi) is 7.97. The van der Waals surface area contributed by atoms with E-state index in [-0.39, 0.29) is 0 Å². The highest BCUT2D eigenvalue weighted by Gasteiger charge is 2.15. The molecule has 0 unspecified atom stereocenters. The van der Waals surface area contributed by atoms with Gasteiger partial charge in [0.05, 0.1) is 18.5 Å². The highest BCUT2D eigenvalue weighted by atomic mass is 16.5.